The number of nitrogens with one attached hydrogen (secondary N) is 1. The van der Waals surface area contributed by atoms with Gasteiger partial charge in [0, 0.05) is 19.7 Å². The van der Waals surface area contributed by atoms with Gasteiger partial charge in [0.1, 0.15) is 5.75 Å². The van der Waals surface area contributed by atoms with E-state index < -0.39 is 0 Å². The molecular formula is C12H17NO2. The molecule has 3 heteroatoms. The molecule has 0 radical (unpaired) electrons. The van der Waals surface area contributed by atoms with Gasteiger partial charge in [-0.3, -0.25) is 0 Å². The number of ether oxygens (including phenoxy) is 1. The van der Waals surface area contributed by atoms with Crippen molar-refractivity contribution < 1.29 is 9.84 Å². The topological polar surface area (TPSA) is 41.5 Å². The summed E-state index contributed by atoms with van der Waals surface area (Å²) in [6, 6.07) is 7.82. The Kier molecular flexibility index (Phi) is 3.23. The summed E-state index contributed by atoms with van der Waals surface area (Å²) in [4.78, 5) is 0. The average Bonchev–Trinajstić information content (AvgIpc) is 2.30. The van der Waals surface area contributed by atoms with Crippen LogP contribution in [0.25, 0.3) is 0 Å². The summed E-state index contributed by atoms with van der Waals surface area (Å²) in [5.74, 6) is 0.323. The molecule has 2 atom stereocenters. The summed E-state index contributed by atoms with van der Waals surface area (Å²) in [6.07, 6.45) is 2.52. The van der Waals surface area contributed by atoms with Crippen molar-refractivity contribution >= 4 is 0 Å². The molecule has 1 fully saturated rings. The maximum Gasteiger partial charge on any atom is 0.115 e. The predicted molar refractivity (Wildman–Crippen MR) is 58.9 cm³/mol. The van der Waals surface area contributed by atoms with Gasteiger partial charge in [-0.15, -0.1) is 0 Å². The summed E-state index contributed by atoms with van der Waals surface area (Å²) < 4.78 is 5.29. The zero-order valence-corrected chi connectivity index (χ0v) is 8.94. The van der Waals surface area contributed by atoms with Crippen LogP contribution in [-0.4, -0.2) is 24.9 Å². The van der Waals surface area contributed by atoms with E-state index in [2.05, 4.69) is 5.32 Å². The molecule has 1 aromatic carbocycles. The van der Waals surface area contributed by atoms with Crippen LogP contribution in [0.2, 0.25) is 0 Å². The zero-order valence-electron chi connectivity index (χ0n) is 8.94. The largest absolute Gasteiger partial charge is 0.508 e. The molecule has 3 nitrogen and oxygen atoms in total. The van der Waals surface area contributed by atoms with Gasteiger partial charge >= 0.3 is 0 Å². The van der Waals surface area contributed by atoms with Crippen LogP contribution < -0.4 is 5.32 Å². The molecule has 1 aromatic rings. The number of phenols is 1. The van der Waals surface area contributed by atoms with E-state index in [0.29, 0.717) is 17.9 Å². The van der Waals surface area contributed by atoms with Crippen LogP contribution in [-0.2, 0) is 4.74 Å². The number of rotatable bonds is 2. The van der Waals surface area contributed by atoms with E-state index in [0.717, 1.165) is 19.4 Å². The van der Waals surface area contributed by atoms with Crippen molar-refractivity contribution in [2.24, 2.45) is 0 Å². The molecule has 2 N–H and O–H groups in total. The Hall–Kier alpha value is -1.06. The first-order chi connectivity index (χ1) is 7.29. The fraction of sp³-hybridized carbons (Fsp3) is 0.500. The number of benzene rings is 1. The van der Waals surface area contributed by atoms with Gasteiger partial charge in [0.05, 0.1) is 6.10 Å². The number of aromatic hydroxyl groups is 1. The minimum Gasteiger partial charge on any atom is -0.508 e. The molecule has 1 saturated heterocycles. The van der Waals surface area contributed by atoms with E-state index in [1.54, 1.807) is 19.2 Å². The third-order valence-electron chi connectivity index (χ3n) is 3.00. The van der Waals surface area contributed by atoms with Crippen molar-refractivity contribution in [2.45, 2.75) is 25.0 Å². The molecule has 0 spiro atoms. The van der Waals surface area contributed by atoms with Crippen molar-refractivity contribution in [3.8, 4) is 5.75 Å². The van der Waals surface area contributed by atoms with Gasteiger partial charge in [-0.2, -0.15) is 0 Å². The summed E-state index contributed by atoms with van der Waals surface area (Å²) in [7, 11) is 1.76. The number of hydrogen-bond acceptors (Lipinski definition) is 3. The highest BCUT2D eigenvalue weighted by Crippen LogP contribution is 2.25. The zero-order chi connectivity index (χ0) is 10.7. The van der Waals surface area contributed by atoms with Gasteiger partial charge in [0.25, 0.3) is 0 Å². The highest BCUT2D eigenvalue weighted by atomic mass is 16.5. The SMILES string of the molecule is COC1CCC(c2ccc(O)cc2)NC1. The van der Waals surface area contributed by atoms with E-state index in [1.807, 2.05) is 12.1 Å². The molecule has 0 bridgehead atoms. The van der Waals surface area contributed by atoms with E-state index in [1.165, 1.54) is 5.56 Å². The van der Waals surface area contributed by atoms with Crippen LogP contribution in [0.5, 0.6) is 5.75 Å². The van der Waals surface area contributed by atoms with Gasteiger partial charge in [0.2, 0.25) is 0 Å². The quantitative estimate of drug-likeness (QED) is 0.777. The molecule has 0 aromatic heterocycles. The third-order valence-corrected chi connectivity index (χ3v) is 3.00. The van der Waals surface area contributed by atoms with Gasteiger partial charge in [-0.1, -0.05) is 12.1 Å². The van der Waals surface area contributed by atoms with Crippen LogP contribution in [0.3, 0.4) is 0 Å². The molecule has 2 rings (SSSR count). The average molecular weight is 207 g/mol. The van der Waals surface area contributed by atoms with Gasteiger partial charge in [-0.05, 0) is 30.5 Å². The molecule has 82 valence electrons. The minimum atomic E-state index is 0.323. The van der Waals surface area contributed by atoms with Crippen molar-refractivity contribution in [1.82, 2.24) is 5.32 Å². The van der Waals surface area contributed by atoms with E-state index in [4.69, 9.17) is 4.74 Å². The molecule has 0 amide bonds. The Bertz CT molecular complexity index is 302. The monoisotopic (exact) mass is 207 g/mol. The fourth-order valence-corrected chi connectivity index (χ4v) is 2.02. The van der Waals surface area contributed by atoms with Gasteiger partial charge in [0.15, 0.2) is 0 Å². The van der Waals surface area contributed by atoms with Crippen molar-refractivity contribution in [3.05, 3.63) is 29.8 Å². The lowest BCUT2D eigenvalue weighted by Crippen LogP contribution is -2.37. The Morgan fingerprint density at radius 1 is 1.27 bits per heavy atom. The smallest absolute Gasteiger partial charge is 0.115 e. The molecule has 1 aliphatic heterocycles. The molecule has 15 heavy (non-hydrogen) atoms. The highest BCUT2D eigenvalue weighted by molar-refractivity contribution is 5.28. The Morgan fingerprint density at radius 3 is 2.53 bits per heavy atom. The molecular weight excluding hydrogens is 190 g/mol. The molecule has 1 aliphatic rings. The van der Waals surface area contributed by atoms with Crippen molar-refractivity contribution in [2.75, 3.05) is 13.7 Å². The molecule has 1 heterocycles. The third kappa shape index (κ3) is 2.49. The second-order valence-electron chi connectivity index (χ2n) is 3.99. The van der Waals surface area contributed by atoms with Crippen LogP contribution in [0.4, 0.5) is 0 Å². The van der Waals surface area contributed by atoms with Gasteiger partial charge in [-0.25, -0.2) is 0 Å². The standard InChI is InChI=1S/C12H17NO2/c1-15-11-6-7-12(13-8-11)9-2-4-10(14)5-3-9/h2-5,11-14H,6-8H2,1H3. The molecule has 2 unspecified atom stereocenters. The summed E-state index contributed by atoms with van der Waals surface area (Å²) in [6.45, 7) is 0.905. The maximum atomic E-state index is 9.19. The maximum absolute atomic E-state index is 9.19. The lowest BCUT2D eigenvalue weighted by Gasteiger charge is -2.29. The van der Waals surface area contributed by atoms with E-state index >= 15 is 0 Å². The Morgan fingerprint density at radius 2 is 2.00 bits per heavy atom. The first-order valence-corrected chi connectivity index (χ1v) is 5.34. The summed E-state index contributed by atoms with van der Waals surface area (Å²) in [5, 5.41) is 12.6. The summed E-state index contributed by atoms with van der Waals surface area (Å²) in [5.41, 5.74) is 1.24. The molecule has 0 saturated carbocycles. The van der Waals surface area contributed by atoms with Crippen molar-refractivity contribution in [1.29, 1.82) is 0 Å². The van der Waals surface area contributed by atoms with Crippen LogP contribution >= 0.6 is 0 Å². The fourth-order valence-electron chi connectivity index (χ4n) is 2.02. The van der Waals surface area contributed by atoms with E-state index in [-0.39, 0.29) is 0 Å². The second kappa shape index (κ2) is 4.64. The lowest BCUT2D eigenvalue weighted by atomic mass is 9.96. The number of methoxy groups -OCH3 is 1. The number of hydrogen-bond donors (Lipinski definition) is 2. The van der Waals surface area contributed by atoms with Gasteiger partial charge < -0.3 is 15.2 Å². The first-order valence-electron chi connectivity index (χ1n) is 5.34. The normalized spacial score (nSPS) is 26.5. The number of piperidine rings is 1. The Balaban J connectivity index is 1.98. The highest BCUT2D eigenvalue weighted by Gasteiger charge is 2.20. The van der Waals surface area contributed by atoms with Crippen molar-refractivity contribution in [3.63, 3.8) is 0 Å². The van der Waals surface area contributed by atoms with Crippen LogP contribution in [0.1, 0.15) is 24.4 Å². The predicted octanol–water partition coefficient (Wildman–Crippen LogP) is 1.83. The number of phenolic OH excluding ortho intramolecular Hbond substituents is 1. The molecule has 0 aliphatic carbocycles. The lowest BCUT2D eigenvalue weighted by molar-refractivity contribution is 0.0705. The summed E-state index contributed by atoms with van der Waals surface area (Å²) >= 11 is 0. The Labute approximate surface area is 90.1 Å². The van der Waals surface area contributed by atoms with Crippen LogP contribution in [0, 0.1) is 0 Å². The van der Waals surface area contributed by atoms with Crippen LogP contribution in [0.15, 0.2) is 24.3 Å². The first kappa shape index (κ1) is 10.5. The minimum absolute atomic E-state index is 0.323. The van der Waals surface area contributed by atoms with E-state index in [9.17, 15) is 5.11 Å². The second-order valence-corrected chi connectivity index (χ2v) is 3.99.